The summed E-state index contributed by atoms with van der Waals surface area (Å²) in [6.07, 6.45) is 0. The number of halogens is 2. The Morgan fingerprint density at radius 3 is 2.59 bits per heavy atom. The van der Waals surface area contributed by atoms with E-state index in [1.165, 1.54) is 23.9 Å². The highest BCUT2D eigenvalue weighted by atomic mass is 32.2. The van der Waals surface area contributed by atoms with Crippen LogP contribution in [0.25, 0.3) is 5.69 Å². The van der Waals surface area contributed by atoms with Gasteiger partial charge in [0.15, 0.2) is 11.0 Å². The molecule has 0 spiro atoms. The van der Waals surface area contributed by atoms with Crippen molar-refractivity contribution >= 4 is 29.2 Å². The van der Waals surface area contributed by atoms with Crippen molar-refractivity contribution in [2.45, 2.75) is 17.5 Å². The Bertz CT molecular complexity index is 1430. The van der Waals surface area contributed by atoms with Gasteiger partial charge in [-0.25, -0.2) is 13.6 Å². The molecular formula is C24H20F2N6O4S. The Kier molecular flexibility index (Phi) is 7.93. The molecule has 4 rings (SSSR count). The SMILES string of the molecule is COc1cccc(CSc2nnc(CNC(=O)Nc3ccc(F)cc3F)n2-c2ccc([N+](=O)[O-])cc2)c1. The summed E-state index contributed by atoms with van der Waals surface area (Å²) in [4.78, 5) is 22.9. The quantitative estimate of drug-likeness (QED) is 0.177. The van der Waals surface area contributed by atoms with E-state index < -0.39 is 22.6 Å². The Morgan fingerprint density at radius 2 is 1.89 bits per heavy atom. The lowest BCUT2D eigenvalue weighted by atomic mass is 10.2. The number of hydrogen-bond acceptors (Lipinski definition) is 7. The molecule has 0 radical (unpaired) electrons. The van der Waals surface area contributed by atoms with Crippen molar-refractivity contribution in [2.24, 2.45) is 0 Å². The van der Waals surface area contributed by atoms with Crippen molar-refractivity contribution in [3.63, 3.8) is 0 Å². The van der Waals surface area contributed by atoms with Crippen LogP contribution < -0.4 is 15.4 Å². The summed E-state index contributed by atoms with van der Waals surface area (Å²) in [6.45, 7) is -0.0989. The molecule has 0 aliphatic heterocycles. The number of nitrogens with zero attached hydrogens (tertiary/aromatic N) is 4. The van der Waals surface area contributed by atoms with Gasteiger partial charge in [0.25, 0.3) is 5.69 Å². The molecule has 0 aliphatic carbocycles. The average molecular weight is 527 g/mol. The third-order valence-electron chi connectivity index (χ3n) is 5.11. The van der Waals surface area contributed by atoms with Gasteiger partial charge in [0.05, 0.1) is 24.3 Å². The van der Waals surface area contributed by atoms with E-state index in [4.69, 9.17) is 4.74 Å². The van der Waals surface area contributed by atoms with Crippen molar-refractivity contribution in [3.05, 3.63) is 99.9 Å². The first-order valence-corrected chi connectivity index (χ1v) is 11.8. The predicted molar refractivity (Wildman–Crippen MR) is 133 cm³/mol. The first-order valence-electron chi connectivity index (χ1n) is 10.8. The molecule has 13 heteroatoms. The number of non-ortho nitro benzene ring substituents is 1. The zero-order valence-electron chi connectivity index (χ0n) is 19.4. The summed E-state index contributed by atoms with van der Waals surface area (Å²) in [6, 6.07) is 15.4. The summed E-state index contributed by atoms with van der Waals surface area (Å²) in [5.74, 6) is -0.112. The van der Waals surface area contributed by atoms with Crippen LogP contribution in [0.15, 0.2) is 71.9 Å². The first-order chi connectivity index (χ1) is 17.8. The number of carbonyl (C=O) groups excluding carboxylic acids is 1. The van der Waals surface area contributed by atoms with Gasteiger partial charge in [0.2, 0.25) is 0 Å². The molecule has 0 unspecified atom stereocenters. The Labute approximate surface area is 213 Å². The fourth-order valence-electron chi connectivity index (χ4n) is 3.32. The Hall–Kier alpha value is -4.52. The second kappa shape index (κ2) is 11.5. The van der Waals surface area contributed by atoms with Crippen LogP contribution in [0.2, 0.25) is 0 Å². The van der Waals surface area contributed by atoms with Crippen LogP contribution in [0, 0.1) is 21.7 Å². The number of urea groups is 1. The molecule has 0 saturated carbocycles. The van der Waals surface area contributed by atoms with E-state index in [1.807, 2.05) is 24.3 Å². The lowest BCUT2D eigenvalue weighted by molar-refractivity contribution is -0.384. The molecule has 2 amide bonds. The van der Waals surface area contributed by atoms with Crippen LogP contribution in [-0.2, 0) is 12.3 Å². The molecule has 0 atom stereocenters. The third kappa shape index (κ3) is 6.38. The number of benzene rings is 3. The lowest BCUT2D eigenvalue weighted by Crippen LogP contribution is -2.29. The van der Waals surface area contributed by atoms with Gasteiger partial charge >= 0.3 is 6.03 Å². The standard InChI is InChI=1S/C24H20F2N6O4S/c1-36-19-4-2-3-15(11-19)14-37-24-30-29-22(31(24)17-6-8-18(9-7-17)32(34)35)13-27-23(33)28-21-10-5-16(25)12-20(21)26/h2-12H,13-14H2,1H3,(H2,27,28,33). The van der Waals surface area contributed by atoms with E-state index >= 15 is 0 Å². The number of nitro groups is 1. The topological polar surface area (TPSA) is 124 Å². The van der Waals surface area contributed by atoms with Gasteiger partial charge in [-0.15, -0.1) is 10.2 Å². The highest BCUT2D eigenvalue weighted by Gasteiger charge is 2.17. The van der Waals surface area contributed by atoms with Crippen LogP contribution >= 0.6 is 11.8 Å². The summed E-state index contributed by atoms with van der Waals surface area (Å²) in [7, 11) is 1.58. The monoisotopic (exact) mass is 526 g/mol. The van der Waals surface area contributed by atoms with E-state index in [1.54, 1.807) is 23.8 Å². The molecule has 37 heavy (non-hydrogen) atoms. The van der Waals surface area contributed by atoms with Crippen molar-refractivity contribution in [3.8, 4) is 11.4 Å². The summed E-state index contributed by atoms with van der Waals surface area (Å²) in [5, 5.41) is 24.8. The maximum atomic E-state index is 13.9. The Morgan fingerprint density at radius 1 is 1.11 bits per heavy atom. The molecule has 1 aromatic heterocycles. The van der Waals surface area contributed by atoms with E-state index in [2.05, 4.69) is 20.8 Å². The highest BCUT2D eigenvalue weighted by molar-refractivity contribution is 7.98. The van der Waals surface area contributed by atoms with Gasteiger partial charge in [-0.05, 0) is 42.0 Å². The van der Waals surface area contributed by atoms with Crippen molar-refractivity contribution < 1.29 is 23.2 Å². The van der Waals surface area contributed by atoms with E-state index in [0.29, 0.717) is 34.2 Å². The number of anilines is 1. The normalized spacial score (nSPS) is 10.7. The zero-order valence-corrected chi connectivity index (χ0v) is 20.2. The number of nitrogens with one attached hydrogen (secondary N) is 2. The van der Waals surface area contributed by atoms with Gasteiger partial charge in [-0.1, -0.05) is 23.9 Å². The van der Waals surface area contributed by atoms with E-state index in [0.717, 1.165) is 17.7 Å². The molecule has 0 aliphatic rings. The molecular weight excluding hydrogens is 506 g/mol. The van der Waals surface area contributed by atoms with Crippen LogP contribution in [0.5, 0.6) is 5.75 Å². The van der Waals surface area contributed by atoms with Crippen molar-refractivity contribution in [1.82, 2.24) is 20.1 Å². The smallest absolute Gasteiger partial charge is 0.319 e. The van der Waals surface area contributed by atoms with Crippen LogP contribution in [0.4, 0.5) is 25.0 Å². The lowest BCUT2D eigenvalue weighted by Gasteiger charge is -2.12. The number of hydrogen-bond donors (Lipinski definition) is 2. The second-order valence-corrected chi connectivity index (χ2v) is 8.52. The summed E-state index contributed by atoms with van der Waals surface area (Å²) in [5.41, 5.74) is 1.25. The van der Waals surface area contributed by atoms with Crippen molar-refractivity contribution in [1.29, 1.82) is 0 Å². The van der Waals surface area contributed by atoms with Gasteiger partial charge in [0, 0.05) is 29.6 Å². The van der Waals surface area contributed by atoms with Gasteiger partial charge in [0.1, 0.15) is 17.4 Å². The fourth-order valence-corrected chi connectivity index (χ4v) is 4.23. The minimum absolute atomic E-state index is 0.0808. The minimum Gasteiger partial charge on any atom is -0.497 e. The number of amides is 2. The number of ether oxygens (including phenoxy) is 1. The first kappa shape index (κ1) is 25.6. The molecule has 2 N–H and O–H groups in total. The predicted octanol–water partition coefficient (Wildman–Crippen LogP) is 5.08. The maximum absolute atomic E-state index is 13.9. The average Bonchev–Trinajstić information content (AvgIpc) is 3.30. The molecule has 0 bridgehead atoms. The van der Waals surface area contributed by atoms with Gasteiger partial charge < -0.3 is 15.4 Å². The summed E-state index contributed by atoms with van der Waals surface area (Å²) >= 11 is 1.37. The number of carbonyl (C=O) groups is 1. The number of thioether (sulfide) groups is 1. The zero-order chi connectivity index (χ0) is 26.4. The molecule has 190 valence electrons. The fraction of sp³-hybridized carbons (Fsp3) is 0.125. The van der Waals surface area contributed by atoms with Crippen LogP contribution in [-0.4, -0.2) is 32.8 Å². The van der Waals surface area contributed by atoms with Crippen LogP contribution in [0.3, 0.4) is 0 Å². The number of nitro benzene ring substituents is 1. The molecule has 10 nitrogen and oxygen atoms in total. The van der Waals surface area contributed by atoms with E-state index in [-0.39, 0.29) is 17.9 Å². The number of rotatable bonds is 9. The molecule has 1 heterocycles. The largest absolute Gasteiger partial charge is 0.497 e. The highest BCUT2D eigenvalue weighted by Crippen LogP contribution is 2.27. The second-order valence-electron chi connectivity index (χ2n) is 7.58. The Balaban J connectivity index is 1.54. The van der Waals surface area contributed by atoms with Gasteiger partial charge in [-0.2, -0.15) is 0 Å². The molecule has 4 aromatic rings. The molecule has 3 aromatic carbocycles. The maximum Gasteiger partial charge on any atom is 0.319 e. The minimum atomic E-state index is -0.916. The van der Waals surface area contributed by atoms with Crippen molar-refractivity contribution in [2.75, 3.05) is 12.4 Å². The third-order valence-corrected chi connectivity index (χ3v) is 6.11. The van der Waals surface area contributed by atoms with E-state index in [9.17, 15) is 23.7 Å². The number of methoxy groups -OCH3 is 1. The molecule has 0 fully saturated rings. The van der Waals surface area contributed by atoms with Crippen LogP contribution in [0.1, 0.15) is 11.4 Å². The summed E-state index contributed by atoms with van der Waals surface area (Å²) < 4.78 is 33.9. The molecule has 0 saturated heterocycles. The number of aromatic nitrogens is 3. The van der Waals surface area contributed by atoms with Gasteiger partial charge in [-0.3, -0.25) is 14.7 Å².